The van der Waals surface area contributed by atoms with Crippen LogP contribution in [0.3, 0.4) is 0 Å². The summed E-state index contributed by atoms with van der Waals surface area (Å²) in [5.74, 6) is 0.306. The average Bonchev–Trinajstić information content (AvgIpc) is 3.74. The van der Waals surface area contributed by atoms with E-state index in [-0.39, 0.29) is 24.9 Å². The number of H-pyrrole nitrogens is 1. The van der Waals surface area contributed by atoms with Gasteiger partial charge in [-0.3, -0.25) is 39.3 Å². The number of nitrogens with zero attached hydrogens (tertiary/aromatic N) is 6. The summed E-state index contributed by atoms with van der Waals surface area (Å²) in [6, 6.07) is 17.0. The van der Waals surface area contributed by atoms with Gasteiger partial charge in [-0.25, -0.2) is 4.98 Å². The zero-order valence-electron chi connectivity index (χ0n) is 33.3. The lowest BCUT2D eigenvalue weighted by Crippen LogP contribution is -2.54. The molecule has 5 aliphatic rings. The molecule has 4 aliphatic heterocycles. The Kier molecular flexibility index (Phi) is 10.1. The smallest absolute Gasteiger partial charge is 0.262 e. The Hall–Kier alpha value is -5.66. The Bertz CT molecular complexity index is 2410. The summed E-state index contributed by atoms with van der Waals surface area (Å²) in [7, 11) is 0. The second-order valence-electron chi connectivity index (χ2n) is 17.2. The van der Waals surface area contributed by atoms with E-state index in [0.29, 0.717) is 22.9 Å². The second-order valence-corrected chi connectivity index (χ2v) is 17.2. The molecular formula is C46H50N8O5. The summed E-state index contributed by atoms with van der Waals surface area (Å²) in [4.78, 5) is 71.4. The summed E-state index contributed by atoms with van der Waals surface area (Å²) in [6.07, 6.45) is 13.4. The molecule has 0 spiro atoms. The molecule has 1 saturated carbocycles. The third-order valence-corrected chi connectivity index (χ3v) is 13.4. The number of amides is 4. The van der Waals surface area contributed by atoms with Crippen LogP contribution in [0, 0.1) is 11.8 Å². The van der Waals surface area contributed by atoms with Crippen molar-refractivity contribution in [3.8, 4) is 17.0 Å². The third kappa shape index (κ3) is 7.57. The topological polar surface area (TPSA) is 144 Å². The lowest BCUT2D eigenvalue weighted by molar-refractivity contribution is -0.136. The molecule has 10 rings (SSSR count). The monoisotopic (exact) mass is 794 g/mol. The van der Waals surface area contributed by atoms with Crippen LogP contribution in [0.1, 0.15) is 72.1 Å². The molecule has 1 atom stereocenters. The number of hydrogen-bond acceptors (Lipinski definition) is 10. The minimum atomic E-state index is -0.949. The maximum Gasteiger partial charge on any atom is 0.262 e. The highest BCUT2D eigenvalue weighted by molar-refractivity contribution is 6.23. The first-order chi connectivity index (χ1) is 28.8. The van der Waals surface area contributed by atoms with Gasteiger partial charge in [-0.15, -0.1) is 0 Å². The van der Waals surface area contributed by atoms with E-state index in [1.54, 1.807) is 12.1 Å². The molecule has 4 fully saturated rings. The van der Waals surface area contributed by atoms with Crippen LogP contribution in [-0.2, 0) is 9.59 Å². The first kappa shape index (κ1) is 37.6. The molecule has 7 heterocycles. The number of fused-ring (bicyclic) bond motifs is 4. The molecule has 0 bridgehead atoms. The normalized spacial score (nSPS) is 23.2. The fourth-order valence-electron chi connectivity index (χ4n) is 9.95. The SMILES string of the molecule is O=C1CCC(N2C(=O)c3ccc(N4CCN(CCCC5CCN(C[C@H]6C[C@H](Oc7ccc(-c8ccc9c(c8)[nH]c8ccncc89)cn7)C6)CC5)CC4)cc3C2=O)C(=O)N1. The van der Waals surface area contributed by atoms with Gasteiger partial charge in [0.05, 0.1) is 11.1 Å². The average molecular weight is 795 g/mol. The molecule has 59 heavy (non-hydrogen) atoms. The third-order valence-electron chi connectivity index (χ3n) is 13.4. The van der Waals surface area contributed by atoms with Crippen LogP contribution in [0.4, 0.5) is 5.69 Å². The van der Waals surface area contributed by atoms with Gasteiger partial charge in [0.15, 0.2) is 0 Å². The number of benzene rings is 2. The lowest BCUT2D eigenvalue weighted by atomic mass is 9.81. The van der Waals surface area contributed by atoms with Crippen molar-refractivity contribution in [1.29, 1.82) is 0 Å². The highest BCUT2D eigenvalue weighted by Crippen LogP contribution is 2.35. The van der Waals surface area contributed by atoms with Gasteiger partial charge in [0.2, 0.25) is 17.7 Å². The van der Waals surface area contributed by atoms with Crippen LogP contribution in [-0.4, -0.2) is 118 Å². The number of nitrogens with one attached hydrogen (secondary N) is 2. The largest absolute Gasteiger partial charge is 0.474 e. The molecule has 304 valence electrons. The van der Waals surface area contributed by atoms with Crippen molar-refractivity contribution >= 4 is 51.1 Å². The maximum atomic E-state index is 13.3. The summed E-state index contributed by atoms with van der Waals surface area (Å²) >= 11 is 0. The van der Waals surface area contributed by atoms with Gasteiger partial charge in [-0.1, -0.05) is 12.1 Å². The van der Waals surface area contributed by atoms with Crippen molar-refractivity contribution in [2.75, 3.05) is 57.3 Å². The number of carbonyl (C=O) groups excluding carboxylic acids is 4. The predicted octanol–water partition coefficient (Wildman–Crippen LogP) is 5.65. The van der Waals surface area contributed by atoms with Crippen molar-refractivity contribution in [2.45, 2.75) is 63.5 Å². The predicted molar refractivity (Wildman–Crippen MR) is 224 cm³/mol. The quantitative estimate of drug-likeness (QED) is 0.161. The highest BCUT2D eigenvalue weighted by Gasteiger charge is 2.45. The Balaban J connectivity index is 0.613. The van der Waals surface area contributed by atoms with E-state index in [1.807, 2.05) is 36.8 Å². The Labute approximate surface area is 343 Å². The minimum Gasteiger partial charge on any atom is -0.474 e. The number of piperidine rings is 2. The number of aromatic amines is 1. The Morgan fingerprint density at radius 3 is 2.34 bits per heavy atom. The maximum absolute atomic E-state index is 13.3. The number of hydrogen-bond donors (Lipinski definition) is 2. The van der Waals surface area contributed by atoms with Crippen LogP contribution in [0.15, 0.2) is 73.2 Å². The lowest BCUT2D eigenvalue weighted by Gasteiger charge is -2.40. The van der Waals surface area contributed by atoms with Gasteiger partial charge in [-0.2, -0.15) is 0 Å². The van der Waals surface area contributed by atoms with Crippen LogP contribution in [0.5, 0.6) is 5.88 Å². The first-order valence-corrected chi connectivity index (χ1v) is 21.4. The summed E-state index contributed by atoms with van der Waals surface area (Å²) in [5, 5.41) is 4.57. The van der Waals surface area contributed by atoms with Gasteiger partial charge < -0.3 is 19.5 Å². The Morgan fingerprint density at radius 2 is 1.54 bits per heavy atom. The second kappa shape index (κ2) is 15.8. The highest BCUT2D eigenvalue weighted by atomic mass is 16.5. The first-order valence-electron chi connectivity index (χ1n) is 21.4. The number of piperazine rings is 1. The van der Waals surface area contributed by atoms with Crippen molar-refractivity contribution in [3.05, 3.63) is 84.3 Å². The molecule has 1 aliphatic carbocycles. The molecule has 5 aromatic rings. The molecule has 2 aromatic carbocycles. The molecule has 3 saturated heterocycles. The van der Waals surface area contributed by atoms with Crippen LogP contribution in [0.25, 0.3) is 32.9 Å². The van der Waals surface area contributed by atoms with Crippen LogP contribution in [0.2, 0.25) is 0 Å². The van der Waals surface area contributed by atoms with E-state index >= 15 is 0 Å². The van der Waals surface area contributed by atoms with Crippen molar-refractivity contribution in [1.82, 2.24) is 35.0 Å². The van der Waals surface area contributed by atoms with E-state index in [9.17, 15) is 19.2 Å². The van der Waals surface area contributed by atoms with Gasteiger partial charge in [-0.05, 0) is 118 Å². The molecule has 0 radical (unpaired) electrons. The number of anilines is 1. The van der Waals surface area contributed by atoms with Gasteiger partial charge in [0.25, 0.3) is 11.8 Å². The number of pyridine rings is 2. The van der Waals surface area contributed by atoms with Crippen molar-refractivity contribution in [2.24, 2.45) is 11.8 Å². The Morgan fingerprint density at radius 1 is 0.729 bits per heavy atom. The van der Waals surface area contributed by atoms with E-state index < -0.39 is 23.8 Å². The molecule has 3 aromatic heterocycles. The fourth-order valence-corrected chi connectivity index (χ4v) is 9.95. The number of rotatable bonds is 11. The zero-order chi connectivity index (χ0) is 40.0. The minimum absolute atomic E-state index is 0.110. The molecule has 2 N–H and O–H groups in total. The van der Waals surface area contributed by atoms with Gasteiger partial charge >= 0.3 is 0 Å². The van der Waals surface area contributed by atoms with E-state index in [4.69, 9.17) is 4.74 Å². The number of imide groups is 2. The van der Waals surface area contributed by atoms with E-state index in [2.05, 4.69) is 59.2 Å². The van der Waals surface area contributed by atoms with E-state index in [1.165, 1.54) is 50.7 Å². The van der Waals surface area contributed by atoms with Gasteiger partial charge in [0.1, 0.15) is 12.1 Å². The zero-order valence-corrected chi connectivity index (χ0v) is 33.3. The molecular weight excluding hydrogens is 745 g/mol. The number of ether oxygens (including phenoxy) is 1. The molecule has 13 heteroatoms. The van der Waals surface area contributed by atoms with Gasteiger partial charge in [0, 0.05) is 96.9 Å². The molecule has 13 nitrogen and oxygen atoms in total. The summed E-state index contributed by atoms with van der Waals surface area (Å²) in [5.41, 5.74) is 5.96. The van der Waals surface area contributed by atoms with Crippen LogP contribution >= 0.6 is 0 Å². The molecule has 4 amide bonds. The van der Waals surface area contributed by atoms with Crippen molar-refractivity contribution < 1.29 is 23.9 Å². The van der Waals surface area contributed by atoms with Crippen molar-refractivity contribution in [3.63, 3.8) is 0 Å². The standard InChI is InChI=1S/C46H50N8O5/c55-42-9-8-41(44(56)50-42)54-45(57)36-7-5-33(25-37(36)46(54)58)53-20-18-51(19-21-53)15-1-2-29-12-16-52(17-13-29)28-30-22-34(23-30)59-43-10-4-32(26-48-43)31-3-6-35-38-27-47-14-11-39(38)49-40(35)24-31/h3-7,10-11,14,24-27,29-30,34,41,49H,1-2,8-9,12-13,15-23,28H2,(H,50,55,56)/t30-,34-,41?. The van der Waals surface area contributed by atoms with E-state index in [0.717, 1.165) is 89.6 Å². The number of likely N-dealkylation sites (tertiary alicyclic amines) is 1. The summed E-state index contributed by atoms with van der Waals surface area (Å²) in [6.45, 7) is 8.28. The molecule has 1 unspecified atom stereocenters. The number of aromatic nitrogens is 3. The fraction of sp³-hybridized carbons (Fsp3) is 0.435. The summed E-state index contributed by atoms with van der Waals surface area (Å²) < 4.78 is 6.27. The van der Waals surface area contributed by atoms with Crippen LogP contribution < -0.4 is 15.0 Å². The number of carbonyl (C=O) groups is 4.